The Bertz CT molecular complexity index is 1360. The molecule has 204 valence electrons. The molecule has 1 aliphatic heterocycles. The topological polar surface area (TPSA) is 137 Å². The quantitative estimate of drug-likeness (QED) is 0.178. The van der Waals surface area contributed by atoms with Gasteiger partial charge in [-0.15, -0.1) is 11.3 Å². The molecule has 38 heavy (non-hydrogen) atoms. The molecule has 0 fully saturated rings. The van der Waals surface area contributed by atoms with E-state index in [1.54, 1.807) is 31.0 Å². The van der Waals surface area contributed by atoms with Crippen LogP contribution in [0, 0.1) is 0 Å². The van der Waals surface area contributed by atoms with Crippen LogP contribution in [-0.2, 0) is 33.8 Å². The van der Waals surface area contributed by atoms with E-state index in [-0.39, 0.29) is 24.0 Å². The number of amides is 1. The number of sulfonamides is 1. The SMILES string of the molecule is COCCOCCOCCOCCNS(=O)(=O)c1ccc(N/C=C2\C(=O)Nc3ccc4scnc4c32)cc1. The number of carbonyl (C=O) groups excluding carboxylic acids is 1. The van der Waals surface area contributed by atoms with Gasteiger partial charge >= 0.3 is 0 Å². The molecule has 0 aliphatic carbocycles. The first-order valence-electron chi connectivity index (χ1n) is 12.0. The number of rotatable bonds is 16. The molecule has 0 unspecified atom stereocenters. The van der Waals surface area contributed by atoms with Crippen LogP contribution in [0.5, 0.6) is 0 Å². The molecule has 0 atom stereocenters. The molecule has 3 N–H and O–H groups in total. The zero-order valence-electron chi connectivity index (χ0n) is 20.9. The summed E-state index contributed by atoms with van der Waals surface area (Å²) in [6.45, 7) is 3.11. The Balaban J connectivity index is 1.21. The first kappa shape index (κ1) is 28.1. The average molecular weight is 563 g/mol. The molecule has 0 saturated carbocycles. The standard InChI is InChI=1S/C25H30N4O7S2/c1-33-10-11-35-14-15-36-13-12-34-9-8-28-38(31,32)19-4-2-18(3-5-19)26-16-20-23-21(29-25(20)30)6-7-22-24(23)27-17-37-22/h2-7,16-17,26,28H,8-15H2,1H3,(H,29,30)/b20-16-. The number of hydrogen-bond donors (Lipinski definition) is 3. The fourth-order valence-corrected chi connectivity index (χ4v) is 5.35. The number of nitrogens with zero attached hydrogens (tertiary/aromatic N) is 1. The highest BCUT2D eigenvalue weighted by molar-refractivity contribution is 7.89. The van der Waals surface area contributed by atoms with Crippen molar-refractivity contribution in [2.45, 2.75) is 4.90 Å². The molecule has 4 rings (SSSR count). The van der Waals surface area contributed by atoms with Crippen molar-refractivity contribution < 1.29 is 32.2 Å². The highest BCUT2D eigenvalue weighted by Gasteiger charge is 2.27. The molecule has 11 nitrogen and oxygen atoms in total. The second-order valence-electron chi connectivity index (χ2n) is 8.10. The predicted molar refractivity (Wildman–Crippen MR) is 146 cm³/mol. The van der Waals surface area contributed by atoms with Gasteiger partial charge in [0.1, 0.15) is 0 Å². The Hall–Kier alpha value is -2.91. The number of carbonyl (C=O) groups is 1. The lowest BCUT2D eigenvalue weighted by Crippen LogP contribution is -2.27. The largest absolute Gasteiger partial charge is 0.382 e. The maximum Gasteiger partial charge on any atom is 0.257 e. The van der Waals surface area contributed by atoms with Crippen LogP contribution >= 0.6 is 11.3 Å². The van der Waals surface area contributed by atoms with Crippen molar-refractivity contribution in [2.24, 2.45) is 0 Å². The van der Waals surface area contributed by atoms with Crippen molar-refractivity contribution in [3.63, 3.8) is 0 Å². The monoisotopic (exact) mass is 562 g/mol. The van der Waals surface area contributed by atoms with Crippen LogP contribution in [0.25, 0.3) is 15.8 Å². The first-order chi connectivity index (χ1) is 18.5. The molecular formula is C25H30N4O7S2. The Morgan fingerprint density at radius 2 is 1.63 bits per heavy atom. The Morgan fingerprint density at radius 3 is 2.34 bits per heavy atom. The maximum atomic E-state index is 12.6. The fourth-order valence-electron chi connectivity index (χ4n) is 3.65. The Labute approximate surface area is 225 Å². The molecule has 1 amide bonds. The van der Waals surface area contributed by atoms with E-state index in [4.69, 9.17) is 18.9 Å². The number of nitrogens with one attached hydrogen (secondary N) is 3. The molecule has 1 aromatic heterocycles. The van der Waals surface area contributed by atoms with Gasteiger partial charge in [-0.25, -0.2) is 18.1 Å². The van der Waals surface area contributed by atoms with Crippen LogP contribution < -0.4 is 15.4 Å². The number of fused-ring (bicyclic) bond motifs is 3. The molecule has 2 heterocycles. The first-order valence-corrected chi connectivity index (χ1v) is 14.3. The van der Waals surface area contributed by atoms with Crippen molar-refractivity contribution in [1.29, 1.82) is 0 Å². The van der Waals surface area contributed by atoms with Gasteiger partial charge in [-0.3, -0.25) is 4.79 Å². The molecule has 0 radical (unpaired) electrons. The van der Waals surface area contributed by atoms with E-state index >= 15 is 0 Å². The number of methoxy groups -OCH3 is 1. The van der Waals surface area contributed by atoms with Gasteiger partial charge in [-0.05, 0) is 36.4 Å². The summed E-state index contributed by atoms with van der Waals surface area (Å²) < 4.78 is 49.6. The number of aromatic nitrogens is 1. The van der Waals surface area contributed by atoms with Crippen LogP contribution in [0.3, 0.4) is 0 Å². The Morgan fingerprint density at radius 1 is 0.947 bits per heavy atom. The molecule has 0 bridgehead atoms. The molecule has 3 aromatic rings. The predicted octanol–water partition coefficient (Wildman–Crippen LogP) is 2.68. The van der Waals surface area contributed by atoms with E-state index in [1.165, 1.54) is 23.5 Å². The van der Waals surface area contributed by atoms with E-state index in [2.05, 4.69) is 20.3 Å². The third kappa shape index (κ3) is 7.35. The lowest BCUT2D eigenvalue weighted by Gasteiger charge is -2.09. The van der Waals surface area contributed by atoms with Gasteiger partial charge < -0.3 is 29.6 Å². The number of benzene rings is 2. The lowest BCUT2D eigenvalue weighted by molar-refractivity contribution is -0.110. The van der Waals surface area contributed by atoms with Crippen LogP contribution in [0.1, 0.15) is 5.56 Å². The molecule has 13 heteroatoms. The van der Waals surface area contributed by atoms with Gasteiger partial charge in [0.25, 0.3) is 5.91 Å². The minimum absolute atomic E-state index is 0.126. The van der Waals surface area contributed by atoms with Gasteiger partial charge in [-0.1, -0.05) is 0 Å². The van der Waals surface area contributed by atoms with Gasteiger partial charge in [0, 0.05) is 31.1 Å². The molecular weight excluding hydrogens is 532 g/mol. The molecule has 0 spiro atoms. The summed E-state index contributed by atoms with van der Waals surface area (Å²) >= 11 is 1.51. The van der Waals surface area contributed by atoms with Crippen molar-refractivity contribution in [2.75, 3.05) is 70.5 Å². The van der Waals surface area contributed by atoms with Crippen LogP contribution in [0.2, 0.25) is 0 Å². The molecule has 0 saturated heterocycles. The summed E-state index contributed by atoms with van der Waals surface area (Å²) in [6, 6.07) is 10.1. The van der Waals surface area contributed by atoms with Crippen LogP contribution in [-0.4, -0.2) is 79.2 Å². The van der Waals surface area contributed by atoms with E-state index in [9.17, 15) is 13.2 Å². The van der Waals surface area contributed by atoms with E-state index in [0.717, 1.165) is 15.8 Å². The number of hydrogen-bond acceptors (Lipinski definition) is 10. The number of thiazole rings is 1. The second kappa shape index (κ2) is 13.8. The van der Waals surface area contributed by atoms with Crippen LogP contribution in [0.15, 0.2) is 53.0 Å². The van der Waals surface area contributed by atoms with Crippen molar-refractivity contribution in [1.82, 2.24) is 9.71 Å². The summed E-state index contributed by atoms with van der Waals surface area (Å²) in [5.74, 6) is -0.225. The lowest BCUT2D eigenvalue weighted by atomic mass is 10.1. The summed E-state index contributed by atoms with van der Waals surface area (Å²) in [5.41, 5.74) is 5.09. The summed E-state index contributed by atoms with van der Waals surface area (Å²) in [6.07, 6.45) is 1.61. The van der Waals surface area contributed by atoms with Crippen molar-refractivity contribution >= 4 is 54.4 Å². The van der Waals surface area contributed by atoms with Gasteiger partial charge in [-0.2, -0.15) is 0 Å². The third-order valence-electron chi connectivity index (χ3n) is 5.53. The molecule has 2 aromatic carbocycles. The number of ether oxygens (including phenoxy) is 4. The Kier molecular flexibility index (Phi) is 10.2. The zero-order valence-corrected chi connectivity index (χ0v) is 22.5. The minimum atomic E-state index is -3.69. The zero-order chi connectivity index (χ0) is 26.8. The number of anilines is 2. The average Bonchev–Trinajstić information content (AvgIpc) is 3.51. The van der Waals surface area contributed by atoms with Crippen molar-refractivity contribution in [3.8, 4) is 0 Å². The van der Waals surface area contributed by atoms with Gasteiger partial charge in [0.2, 0.25) is 10.0 Å². The second-order valence-corrected chi connectivity index (χ2v) is 10.7. The van der Waals surface area contributed by atoms with Gasteiger partial charge in [0.15, 0.2) is 0 Å². The fraction of sp³-hybridized carbons (Fsp3) is 0.360. The smallest absolute Gasteiger partial charge is 0.257 e. The summed E-state index contributed by atoms with van der Waals surface area (Å²) in [7, 11) is -2.07. The van der Waals surface area contributed by atoms with E-state index < -0.39 is 10.0 Å². The minimum Gasteiger partial charge on any atom is -0.382 e. The summed E-state index contributed by atoms with van der Waals surface area (Å²) in [4.78, 5) is 17.0. The van der Waals surface area contributed by atoms with Gasteiger partial charge in [0.05, 0.1) is 78.1 Å². The molecule has 1 aliphatic rings. The van der Waals surface area contributed by atoms with E-state index in [1.807, 2.05) is 12.1 Å². The van der Waals surface area contributed by atoms with Crippen LogP contribution in [0.4, 0.5) is 11.4 Å². The van der Waals surface area contributed by atoms with E-state index in [0.29, 0.717) is 56.6 Å². The van der Waals surface area contributed by atoms with Crippen molar-refractivity contribution in [3.05, 3.63) is 53.7 Å². The maximum absolute atomic E-state index is 12.6. The summed E-state index contributed by atoms with van der Waals surface area (Å²) in [5, 5.41) is 5.93. The normalized spacial score (nSPS) is 14.2. The highest BCUT2D eigenvalue weighted by Crippen LogP contribution is 2.38. The highest BCUT2D eigenvalue weighted by atomic mass is 32.2. The third-order valence-corrected chi connectivity index (χ3v) is 7.80.